The molecule has 130 valence electrons. The lowest BCUT2D eigenvalue weighted by Gasteiger charge is -2.24. The van der Waals surface area contributed by atoms with Gasteiger partial charge in [-0.25, -0.2) is 4.68 Å². The van der Waals surface area contributed by atoms with Gasteiger partial charge in [0.15, 0.2) is 0 Å². The number of likely N-dealkylation sites (tertiary alicyclic amines) is 1. The predicted molar refractivity (Wildman–Crippen MR) is 93.7 cm³/mol. The van der Waals surface area contributed by atoms with Crippen molar-refractivity contribution in [1.29, 1.82) is 0 Å². The number of ether oxygens (including phenoxy) is 1. The van der Waals surface area contributed by atoms with E-state index in [4.69, 9.17) is 9.26 Å². The molecular weight excluding hydrogens is 316 g/mol. The summed E-state index contributed by atoms with van der Waals surface area (Å²) in [4.78, 5) is 2.46. The van der Waals surface area contributed by atoms with Gasteiger partial charge in [0.2, 0.25) is 0 Å². The highest BCUT2D eigenvalue weighted by molar-refractivity contribution is 5.45. The molecule has 2 aromatic heterocycles. The van der Waals surface area contributed by atoms with Gasteiger partial charge < -0.3 is 9.26 Å². The number of nitrogens with zero attached hydrogens (tertiary/aromatic N) is 4. The number of hydrogen-bond donors (Lipinski definition) is 0. The van der Waals surface area contributed by atoms with Crippen LogP contribution in [0.3, 0.4) is 0 Å². The molecule has 0 aliphatic carbocycles. The number of benzene rings is 1. The van der Waals surface area contributed by atoms with Crippen molar-refractivity contribution in [3.8, 4) is 11.4 Å². The predicted octanol–water partition coefficient (Wildman–Crippen LogP) is 3.51. The second kappa shape index (κ2) is 6.72. The fourth-order valence-corrected chi connectivity index (χ4v) is 3.56. The molecule has 1 aliphatic heterocycles. The second-order valence-electron chi connectivity index (χ2n) is 6.44. The van der Waals surface area contributed by atoms with Crippen LogP contribution in [0.2, 0.25) is 0 Å². The van der Waals surface area contributed by atoms with E-state index in [1.165, 1.54) is 5.56 Å². The van der Waals surface area contributed by atoms with Crippen molar-refractivity contribution in [2.75, 3.05) is 13.7 Å². The Hall–Kier alpha value is -2.60. The molecule has 1 atom stereocenters. The van der Waals surface area contributed by atoms with Crippen LogP contribution in [0.25, 0.3) is 5.69 Å². The quantitative estimate of drug-likeness (QED) is 0.712. The number of rotatable bonds is 5. The SMILES string of the molecule is COc1ccc(-n2cccn2)c(CN2CCCC2c2cc(C)on2)c1. The van der Waals surface area contributed by atoms with E-state index >= 15 is 0 Å². The Balaban J connectivity index is 1.65. The van der Waals surface area contributed by atoms with Gasteiger partial charge in [0.1, 0.15) is 17.2 Å². The monoisotopic (exact) mass is 338 g/mol. The third-order valence-corrected chi connectivity index (χ3v) is 4.76. The summed E-state index contributed by atoms with van der Waals surface area (Å²) < 4.78 is 12.6. The summed E-state index contributed by atoms with van der Waals surface area (Å²) >= 11 is 0. The molecule has 1 aliphatic rings. The van der Waals surface area contributed by atoms with Crippen LogP contribution in [0.1, 0.15) is 35.9 Å². The summed E-state index contributed by atoms with van der Waals surface area (Å²) in [7, 11) is 1.70. The zero-order chi connectivity index (χ0) is 17.2. The first-order chi connectivity index (χ1) is 12.2. The minimum absolute atomic E-state index is 0.300. The maximum absolute atomic E-state index is 5.43. The Morgan fingerprint density at radius 3 is 2.96 bits per heavy atom. The molecule has 3 aromatic rings. The fourth-order valence-electron chi connectivity index (χ4n) is 3.56. The summed E-state index contributed by atoms with van der Waals surface area (Å²) in [6.07, 6.45) is 6.03. The lowest BCUT2D eigenvalue weighted by molar-refractivity contribution is 0.236. The molecule has 0 spiro atoms. The molecule has 0 amide bonds. The first kappa shape index (κ1) is 15.9. The minimum Gasteiger partial charge on any atom is -0.497 e. The lowest BCUT2D eigenvalue weighted by atomic mass is 10.1. The van der Waals surface area contributed by atoms with Gasteiger partial charge in [0, 0.05) is 25.0 Å². The second-order valence-corrected chi connectivity index (χ2v) is 6.44. The third kappa shape index (κ3) is 3.17. The average molecular weight is 338 g/mol. The van der Waals surface area contributed by atoms with Crippen molar-refractivity contribution >= 4 is 0 Å². The van der Waals surface area contributed by atoms with Crippen LogP contribution in [0.5, 0.6) is 5.75 Å². The Labute approximate surface area is 147 Å². The first-order valence-electron chi connectivity index (χ1n) is 8.59. The van der Waals surface area contributed by atoms with E-state index < -0.39 is 0 Å². The Kier molecular flexibility index (Phi) is 4.28. The molecule has 6 heteroatoms. The zero-order valence-electron chi connectivity index (χ0n) is 14.6. The standard InChI is InChI=1S/C19H22N4O2/c1-14-11-17(21-25-14)19-5-3-9-22(19)13-15-12-16(24-2)6-7-18(15)23-10-4-8-20-23/h4,6-8,10-12,19H,3,5,9,13H2,1-2H3. The molecule has 4 rings (SSSR count). The van der Waals surface area contributed by atoms with E-state index in [1.54, 1.807) is 13.3 Å². The van der Waals surface area contributed by atoms with Gasteiger partial charge in [-0.05, 0) is 56.1 Å². The summed E-state index contributed by atoms with van der Waals surface area (Å²) in [5, 5.41) is 8.62. The molecule has 1 saturated heterocycles. The Bertz CT molecular complexity index is 841. The van der Waals surface area contributed by atoms with Gasteiger partial charge in [-0.1, -0.05) is 5.16 Å². The summed E-state index contributed by atoms with van der Waals surface area (Å²) in [5.74, 6) is 1.72. The van der Waals surface area contributed by atoms with Crippen LogP contribution >= 0.6 is 0 Å². The molecule has 25 heavy (non-hydrogen) atoms. The zero-order valence-corrected chi connectivity index (χ0v) is 14.6. The van der Waals surface area contributed by atoms with Gasteiger partial charge in [-0.15, -0.1) is 0 Å². The minimum atomic E-state index is 0.300. The van der Waals surface area contributed by atoms with Crippen LogP contribution in [-0.4, -0.2) is 33.5 Å². The maximum atomic E-state index is 5.43. The Morgan fingerprint density at radius 2 is 2.24 bits per heavy atom. The normalized spacial score (nSPS) is 17.9. The highest BCUT2D eigenvalue weighted by Gasteiger charge is 2.29. The number of methoxy groups -OCH3 is 1. The van der Waals surface area contributed by atoms with Crippen molar-refractivity contribution < 1.29 is 9.26 Å². The molecule has 0 N–H and O–H groups in total. The molecule has 0 bridgehead atoms. The summed E-state index contributed by atoms with van der Waals surface area (Å²) in [5.41, 5.74) is 3.29. The van der Waals surface area contributed by atoms with E-state index in [-0.39, 0.29) is 0 Å². The average Bonchev–Trinajstić information content (AvgIpc) is 3.36. The molecule has 6 nitrogen and oxygen atoms in total. The van der Waals surface area contributed by atoms with Crippen LogP contribution in [0, 0.1) is 6.92 Å². The summed E-state index contributed by atoms with van der Waals surface area (Å²) in [6.45, 7) is 3.81. The summed E-state index contributed by atoms with van der Waals surface area (Å²) in [6, 6.07) is 10.4. The van der Waals surface area contributed by atoms with Crippen molar-refractivity contribution in [2.24, 2.45) is 0 Å². The number of aromatic nitrogens is 3. The van der Waals surface area contributed by atoms with Crippen molar-refractivity contribution in [1.82, 2.24) is 19.8 Å². The molecule has 1 fully saturated rings. The first-order valence-corrected chi connectivity index (χ1v) is 8.59. The van der Waals surface area contributed by atoms with Crippen LogP contribution < -0.4 is 4.74 Å². The molecule has 1 aromatic carbocycles. The topological polar surface area (TPSA) is 56.3 Å². The molecule has 3 heterocycles. The largest absolute Gasteiger partial charge is 0.497 e. The molecular formula is C19H22N4O2. The van der Waals surface area contributed by atoms with Crippen molar-refractivity contribution in [3.05, 3.63) is 59.7 Å². The van der Waals surface area contributed by atoms with Gasteiger partial charge in [0.05, 0.1) is 18.8 Å². The van der Waals surface area contributed by atoms with Crippen molar-refractivity contribution in [3.63, 3.8) is 0 Å². The van der Waals surface area contributed by atoms with Gasteiger partial charge in [-0.3, -0.25) is 4.90 Å². The maximum Gasteiger partial charge on any atom is 0.133 e. The van der Waals surface area contributed by atoms with Crippen molar-refractivity contribution in [2.45, 2.75) is 32.4 Å². The number of hydrogen-bond acceptors (Lipinski definition) is 5. The molecule has 0 radical (unpaired) electrons. The molecule has 1 unspecified atom stereocenters. The van der Waals surface area contributed by atoms with Gasteiger partial charge >= 0.3 is 0 Å². The highest BCUT2D eigenvalue weighted by Crippen LogP contribution is 2.34. The fraction of sp³-hybridized carbons (Fsp3) is 0.368. The van der Waals surface area contributed by atoms with E-state index in [2.05, 4.69) is 27.3 Å². The van der Waals surface area contributed by atoms with E-state index in [9.17, 15) is 0 Å². The van der Waals surface area contributed by atoms with E-state index in [1.807, 2.05) is 36.0 Å². The van der Waals surface area contributed by atoms with Gasteiger partial charge in [-0.2, -0.15) is 5.10 Å². The van der Waals surface area contributed by atoms with Crippen LogP contribution in [0.4, 0.5) is 0 Å². The molecule has 0 saturated carbocycles. The van der Waals surface area contributed by atoms with E-state index in [0.717, 1.165) is 48.8 Å². The Morgan fingerprint density at radius 1 is 1.32 bits per heavy atom. The van der Waals surface area contributed by atoms with Crippen LogP contribution in [-0.2, 0) is 6.54 Å². The van der Waals surface area contributed by atoms with Gasteiger partial charge in [0.25, 0.3) is 0 Å². The van der Waals surface area contributed by atoms with E-state index in [0.29, 0.717) is 6.04 Å². The smallest absolute Gasteiger partial charge is 0.133 e. The lowest BCUT2D eigenvalue weighted by Crippen LogP contribution is -2.24. The van der Waals surface area contributed by atoms with Crippen LogP contribution in [0.15, 0.2) is 47.2 Å². The highest BCUT2D eigenvalue weighted by atomic mass is 16.5. The third-order valence-electron chi connectivity index (χ3n) is 4.76. The number of aryl methyl sites for hydroxylation is 1.